The van der Waals surface area contributed by atoms with Gasteiger partial charge < -0.3 is 10.2 Å². The number of carbonyl (C=O) groups is 3. The summed E-state index contributed by atoms with van der Waals surface area (Å²) in [7, 11) is 0. The van der Waals surface area contributed by atoms with Gasteiger partial charge in [-0.25, -0.2) is 0 Å². The number of carbonyl (C=O) groups excluding carboxylic acids is 3. The van der Waals surface area contributed by atoms with Crippen molar-refractivity contribution in [1.29, 1.82) is 0 Å². The van der Waals surface area contributed by atoms with Crippen molar-refractivity contribution < 1.29 is 19.2 Å². The molecule has 1 heterocycles. The summed E-state index contributed by atoms with van der Waals surface area (Å²) in [6, 6.07) is 0. The normalized spacial score (nSPS) is 14.8. The fourth-order valence-corrected chi connectivity index (χ4v) is 1.31. The van der Waals surface area contributed by atoms with E-state index in [4.69, 9.17) is 4.84 Å². The number of hydrogen-bond acceptors (Lipinski definition) is 5. The summed E-state index contributed by atoms with van der Waals surface area (Å²) in [6.07, 6.45) is 3.88. The average molecular weight is 267 g/mol. The highest BCUT2D eigenvalue weighted by atomic mass is 16.6. The average Bonchev–Trinajstić information content (AvgIpc) is 2.66. The summed E-state index contributed by atoms with van der Waals surface area (Å²) in [5, 5.41) is 6.21. The first kappa shape index (κ1) is 14.9. The van der Waals surface area contributed by atoms with Gasteiger partial charge in [0.2, 0.25) is 5.91 Å². The van der Waals surface area contributed by atoms with Crippen LogP contribution in [-0.2, 0) is 19.2 Å². The maximum Gasteiger partial charge on any atom is 0.253 e. The number of nitrogens with one attached hydrogen (secondary N) is 1. The van der Waals surface area contributed by atoms with Gasteiger partial charge in [-0.15, -0.1) is 0 Å². The molecule has 0 aromatic heterocycles. The largest absolute Gasteiger partial charge is 0.393 e. The Bertz CT molecular complexity index is 397. The predicted octanol–water partition coefficient (Wildman–Crippen LogP) is -0.172. The van der Waals surface area contributed by atoms with Crippen LogP contribution < -0.4 is 5.32 Å². The van der Waals surface area contributed by atoms with Crippen LogP contribution in [0.3, 0.4) is 0 Å². The van der Waals surface area contributed by atoms with E-state index in [0.29, 0.717) is 0 Å². The maximum atomic E-state index is 11.4. The number of rotatable bonds is 7. The van der Waals surface area contributed by atoms with Crippen LogP contribution in [-0.4, -0.2) is 48.0 Å². The smallest absolute Gasteiger partial charge is 0.253 e. The molecular formula is C12H17N3O4. The standard InChI is InChI=1S/C12H17N3O4/c1-9(2)19-14-7-6-13-10(16)5-8-15-11(17)3-4-12(15)18/h3-4,7,9H,5-6,8H2,1-2H3,(H,13,16). The number of oxime groups is 1. The number of nitrogens with zero attached hydrogens (tertiary/aromatic N) is 2. The summed E-state index contributed by atoms with van der Waals surface area (Å²) >= 11 is 0. The molecule has 1 aliphatic rings. The van der Waals surface area contributed by atoms with E-state index < -0.39 is 0 Å². The third-order valence-electron chi connectivity index (χ3n) is 2.20. The van der Waals surface area contributed by atoms with Crippen molar-refractivity contribution in [2.75, 3.05) is 13.1 Å². The molecule has 0 fully saturated rings. The van der Waals surface area contributed by atoms with Gasteiger partial charge in [0, 0.05) is 25.1 Å². The highest BCUT2D eigenvalue weighted by molar-refractivity contribution is 6.13. The zero-order valence-electron chi connectivity index (χ0n) is 11.0. The lowest BCUT2D eigenvalue weighted by Gasteiger charge is -2.12. The Hall–Kier alpha value is -2.18. The van der Waals surface area contributed by atoms with Gasteiger partial charge >= 0.3 is 0 Å². The Balaban J connectivity index is 2.16. The van der Waals surface area contributed by atoms with E-state index in [-0.39, 0.29) is 43.3 Å². The maximum absolute atomic E-state index is 11.4. The molecule has 0 radical (unpaired) electrons. The van der Waals surface area contributed by atoms with Crippen molar-refractivity contribution in [2.24, 2.45) is 5.16 Å². The van der Waals surface area contributed by atoms with Gasteiger partial charge in [0.1, 0.15) is 6.10 Å². The molecular weight excluding hydrogens is 250 g/mol. The fourth-order valence-electron chi connectivity index (χ4n) is 1.31. The van der Waals surface area contributed by atoms with Crippen LogP contribution in [0, 0.1) is 0 Å². The molecule has 1 aliphatic heterocycles. The van der Waals surface area contributed by atoms with Crippen molar-refractivity contribution in [3.05, 3.63) is 12.2 Å². The van der Waals surface area contributed by atoms with E-state index >= 15 is 0 Å². The number of imide groups is 1. The van der Waals surface area contributed by atoms with Gasteiger partial charge in [-0.05, 0) is 13.8 Å². The van der Waals surface area contributed by atoms with Crippen molar-refractivity contribution in [2.45, 2.75) is 26.4 Å². The Kier molecular flexibility index (Phi) is 5.72. The molecule has 0 saturated heterocycles. The zero-order chi connectivity index (χ0) is 14.3. The van der Waals surface area contributed by atoms with Crippen molar-refractivity contribution >= 4 is 23.9 Å². The summed E-state index contributed by atoms with van der Waals surface area (Å²) in [6.45, 7) is 4.00. The molecule has 3 amide bonds. The molecule has 19 heavy (non-hydrogen) atoms. The van der Waals surface area contributed by atoms with Crippen molar-refractivity contribution in [1.82, 2.24) is 10.2 Å². The van der Waals surface area contributed by atoms with E-state index in [9.17, 15) is 14.4 Å². The predicted molar refractivity (Wildman–Crippen MR) is 68.2 cm³/mol. The monoisotopic (exact) mass is 267 g/mol. The Morgan fingerprint density at radius 2 is 2.05 bits per heavy atom. The van der Waals surface area contributed by atoms with E-state index in [1.807, 2.05) is 13.8 Å². The van der Waals surface area contributed by atoms with Crippen LogP contribution in [0.15, 0.2) is 17.3 Å². The molecule has 104 valence electrons. The molecule has 1 rings (SSSR count). The molecule has 0 aromatic rings. The number of amides is 3. The molecule has 0 unspecified atom stereocenters. The zero-order valence-corrected chi connectivity index (χ0v) is 11.0. The first-order valence-corrected chi connectivity index (χ1v) is 5.98. The summed E-state index contributed by atoms with van der Waals surface area (Å²) in [5.41, 5.74) is 0. The molecule has 7 heteroatoms. The Morgan fingerprint density at radius 3 is 2.63 bits per heavy atom. The van der Waals surface area contributed by atoms with E-state index in [0.717, 1.165) is 4.90 Å². The molecule has 0 saturated carbocycles. The fraction of sp³-hybridized carbons (Fsp3) is 0.500. The van der Waals surface area contributed by atoms with E-state index in [1.54, 1.807) is 0 Å². The van der Waals surface area contributed by atoms with Crippen LogP contribution in [0.2, 0.25) is 0 Å². The second-order valence-corrected chi connectivity index (χ2v) is 4.16. The Labute approximate surface area is 111 Å². The SMILES string of the molecule is CC(C)ON=CCNC(=O)CCN1C(=O)C=CC1=O. The van der Waals surface area contributed by atoms with Gasteiger partial charge in [0.05, 0.1) is 12.8 Å². The first-order valence-electron chi connectivity index (χ1n) is 5.98. The minimum Gasteiger partial charge on any atom is -0.393 e. The highest BCUT2D eigenvalue weighted by Gasteiger charge is 2.23. The highest BCUT2D eigenvalue weighted by Crippen LogP contribution is 2.03. The third kappa shape index (κ3) is 5.33. The summed E-state index contributed by atoms with van der Waals surface area (Å²) in [5.74, 6) is -1.03. The van der Waals surface area contributed by atoms with Gasteiger partial charge in [0.25, 0.3) is 11.8 Å². The molecule has 0 spiro atoms. The lowest BCUT2D eigenvalue weighted by molar-refractivity contribution is -0.137. The van der Waals surface area contributed by atoms with E-state index in [2.05, 4.69) is 10.5 Å². The Morgan fingerprint density at radius 1 is 1.42 bits per heavy atom. The van der Waals surface area contributed by atoms with Crippen molar-refractivity contribution in [3.63, 3.8) is 0 Å². The van der Waals surface area contributed by atoms with Gasteiger partial charge in [-0.3, -0.25) is 19.3 Å². The van der Waals surface area contributed by atoms with Gasteiger partial charge in [-0.2, -0.15) is 0 Å². The van der Waals surface area contributed by atoms with Gasteiger partial charge in [-0.1, -0.05) is 5.16 Å². The van der Waals surface area contributed by atoms with Gasteiger partial charge in [0.15, 0.2) is 0 Å². The topological polar surface area (TPSA) is 88.1 Å². The van der Waals surface area contributed by atoms with Crippen LogP contribution in [0.4, 0.5) is 0 Å². The number of hydrogen-bond donors (Lipinski definition) is 1. The molecule has 0 aromatic carbocycles. The van der Waals surface area contributed by atoms with Crippen LogP contribution in [0.5, 0.6) is 0 Å². The van der Waals surface area contributed by atoms with E-state index in [1.165, 1.54) is 18.4 Å². The molecule has 0 bridgehead atoms. The van der Waals surface area contributed by atoms with Crippen LogP contribution in [0.25, 0.3) is 0 Å². The van der Waals surface area contributed by atoms with Crippen LogP contribution >= 0.6 is 0 Å². The third-order valence-corrected chi connectivity index (χ3v) is 2.20. The minimum absolute atomic E-state index is 0.00774. The molecule has 0 aliphatic carbocycles. The van der Waals surface area contributed by atoms with Crippen LogP contribution in [0.1, 0.15) is 20.3 Å². The second kappa shape index (κ2) is 7.30. The second-order valence-electron chi connectivity index (χ2n) is 4.16. The summed E-state index contributed by atoms with van der Waals surface area (Å²) < 4.78 is 0. The molecule has 7 nitrogen and oxygen atoms in total. The quantitative estimate of drug-likeness (QED) is 0.394. The minimum atomic E-state index is -0.385. The first-order chi connectivity index (χ1) is 9.00. The molecule has 1 N–H and O–H groups in total. The summed E-state index contributed by atoms with van der Waals surface area (Å²) in [4.78, 5) is 39.8. The lowest BCUT2D eigenvalue weighted by atomic mass is 10.3. The lowest BCUT2D eigenvalue weighted by Crippen LogP contribution is -2.35. The van der Waals surface area contributed by atoms with Crippen molar-refractivity contribution in [3.8, 4) is 0 Å². The molecule has 0 atom stereocenters.